The zero-order valence-corrected chi connectivity index (χ0v) is 11.9. The zero-order chi connectivity index (χ0) is 14.2. The highest BCUT2D eigenvalue weighted by molar-refractivity contribution is 7.89. The summed E-state index contributed by atoms with van der Waals surface area (Å²) in [5.41, 5.74) is 2.18. The van der Waals surface area contributed by atoms with Crippen LogP contribution in [0.3, 0.4) is 0 Å². The molecule has 0 heterocycles. The van der Waals surface area contributed by atoms with Crippen LogP contribution in [0.4, 0.5) is 5.69 Å². The van der Waals surface area contributed by atoms with E-state index in [1.165, 1.54) is 12.1 Å². The Kier molecular flexibility index (Phi) is 3.64. The van der Waals surface area contributed by atoms with Crippen LogP contribution in [0, 0.1) is 19.8 Å². The molecule has 0 spiro atoms. The van der Waals surface area contributed by atoms with Crippen molar-refractivity contribution in [3.05, 3.63) is 23.3 Å². The number of sulfonamides is 1. The lowest BCUT2D eigenvalue weighted by atomic mass is 9.84. The predicted molar refractivity (Wildman–Crippen MR) is 73.3 cm³/mol. The van der Waals surface area contributed by atoms with Crippen molar-refractivity contribution in [2.45, 2.75) is 38.0 Å². The smallest absolute Gasteiger partial charge is 0.238 e. The quantitative estimate of drug-likeness (QED) is 0.884. The van der Waals surface area contributed by atoms with E-state index < -0.39 is 10.0 Å². The van der Waals surface area contributed by atoms with Crippen LogP contribution < -0.4 is 10.5 Å². The third kappa shape index (κ3) is 2.96. The van der Waals surface area contributed by atoms with Gasteiger partial charge in [-0.05, 0) is 49.9 Å². The number of carbonyl (C=O) groups excluding carboxylic acids is 1. The first kappa shape index (κ1) is 14.0. The van der Waals surface area contributed by atoms with E-state index in [4.69, 9.17) is 5.14 Å². The summed E-state index contributed by atoms with van der Waals surface area (Å²) in [5, 5.41) is 7.94. The zero-order valence-electron chi connectivity index (χ0n) is 11.1. The number of primary sulfonamides is 1. The highest BCUT2D eigenvalue weighted by atomic mass is 32.2. The summed E-state index contributed by atoms with van der Waals surface area (Å²) in [7, 11) is -3.76. The fraction of sp³-hybridized carbons (Fsp3) is 0.462. The van der Waals surface area contributed by atoms with Crippen LogP contribution in [0.15, 0.2) is 17.0 Å². The Morgan fingerprint density at radius 2 is 1.95 bits per heavy atom. The van der Waals surface area contributed by atoms with Gasteiger partial charge in [-0.2, -0.15) is 0 Å². The first-order chi connectivity index (χ1) is 8.79. The molecule has 6 heteroatoms. The normalized spacial score (nSPS) is 15.9. The summed E-state index contributed by atoms with van der Waals surface area (Å²) in [5.74, 6) is 0.0122. The van der Waals surface area contributed by atoms with E-state index in [1.807, 2.05) is 6.92 Å². The number of nitrogens with two attached hydrogens (primary N) is 1. The molecule has 0 aliphatic heterocycles. The third-order valence-corrected chi connectivity index (χ3v) is 4.60. The first-order valence-electron chi connectivity index (χ1n) is 6.24. The minimum absolute atomic E-state index is 0.0273. The molecule has 0 bridgehead atoms. The Labute approximate surface area is 113 Å². The fourth-order valence-electron chi connectivity index (χ4n) is 2.03. The number of hydrogen-bond donors (Lipinski definition) is 2. The number of carbonyl (C=O) groups is 1. The van der Waals surface area contributed by atoms with Gasteiger partial charge in [0, 0.05) is 11.6 Å². The van der Waals surface area contributed by atoms with Crippen LogP contribution in [0.2, 0.25) is 0 Å². The van der Waals surface area contributed by atoms with Crippen molar-refractivity contribution in [3.63, 3.8) is 0 Å². The van der Waals surface area contributed by atoms with Gasteiger partial charge in [0.1, 0.15) is 0 Å². The molecule has 0 aromatic heterocycles. The van der Waals surface area contributed by atoms with Crippen LogP contribution >= 0.6 is 0 Å². The number of hydrogen-bond acceptors (Lipinski definition) is 3. The number of benzene rings is 1. The average Bonchev–Trinajstić information content (AvgIpc) is 2.20. The van der Waals surface area contributed by atoms with Gasteiger partial charge in [-0.25, -0.2) is 13.6 Å². The molecule has 0 unspecified atom stereocenters. The maximum Gasteiger partial charge on any atom is 0.238 e. The van der Waals surface area contributed by atoms with Crippen molar-refractivity contribution in [2.75, 3.05) is 5.32 Å². The summed E-state index contributed by atoms with van der Waals surface area (Å²) < 4.78 is 22.8. The van der Waals surface area contributed by atoms with Crippen LogP contribution in [-0.2, 0) is 14.8 Å². The van der Waals surface area contributed by atoms with Gasteiger partial charge in [-0.15, -0.1) is 0 Å². The number of amides is 1. The Bertz CT molecular complexity index is 619. The van der Waals surface area contributed by atoms with E-state index in [9.17, 15) is 13.2 Å². The van der Waals surface area contributed by atoms with Gasteiger partial charge < -0.3 is 5.32 Å². The second-order valence-electron chi connectivity index (χ2n) is 5.07. The predicted octanol–water partition coefficient (Wildman–Crippen LogP) is 1.69. The largest absolute Gasteiger partial charge is 0.326 e. The van der Waals surface area contributed by atoms with Gasteiger partial charge in [-0.3, -0.25) is 4.79 Å². The molecular weight excluding hydrogens is 264 g/mol. The van der Waals surface area contributed by atoms with E-state index in [1.54, 1.807) is 6.92 Å². The molecule has 0 radical (unpaired) electrons. The van der Waals surface area contributed by atoms with Gasteiger partial charge in [0.2, 0.25) is 15.9 Å². The molecule has 0 atom stereocenters. The van der Waals surface area contributed by atoms with E-state index in [0.717, 1.165) is 30.4 Å². The minimum atomic E-state index is -3.76. The topological polar surface area (TPSA) is 89.3 Å². The molecule has 1 amide bonds. The van der Waals surface area contributed by atoms with Crippen molar-refractivity contribution < 1.29 is 13.2 Å². The summed E-state index contributed by atoms with van der Waals surface area (Å²) in [6, 6.07) is 2.94. The lowest BCUT2D eigenvalue weighted by Crippen LogP contribution is -2.28. The van der Waals surface area contributed by atoms with Crippen molar-refractivity contribution in [1.82, 2.24) is 0 Å². The Morgan fingerprint density at radius 3 is 2.42 bits per heavy atom. The summed E-state index contributed by atoms with van der Waals surface area (Å²) >= 11 is 0. The summed E-state index contributed by atoms with van der Waals surface area (Å²) in [4.78, 5) is 12.0. The van der Waals surface area contributed by atoms with Gasteiger partial charge >= 0.3 is 0 Å². The van der Waals surface area contributed by atoms with Gasteiger partial charge in [0.05, 0.1) is 4.90 Å². The second kappa shape index (κ2) is 4.94. The van der Waals surface area contributed by atoms with Crippen LogP contribution in [0.25, 0.3) is 0 Å². The molecule has 5 nitrogen and oxygen atoms in total. The first-order valence-corrected chi connectivity index (χ1v) is 7.78. The molecule has 1 aliphatic rings. The maximum absolute atomic E-state index is 11.9. The van der Waals surface area contributed by atoms with Gasteiger partial charge in [0.15, 0.2) is 0 Å². The Hall–Kier alpha value is -1.40. The molecule has 1 aliphatic carbocycles. The van der Waals surface area contributed by atoms with Crippen LogP contribution in [-0.4, -0.2) is 14.3 Å². The van der Waals surface area contributed by atoms with E-state index >= 15 is 0 Å². The van der Waals surface area contributed by atoms with Crippen molar-refractivity contribution in [3.8, 4) is 0 Å². The lowest BCUT2D eigenvalue weighted by Gasteiger charge is -2.24. The van der Waals surface area contributed by atoms with Crippen LogP contribution in [0.1, 0.15) is 30.4 Å². The SMILES string of the molecule is Cc1cc(S(N)(=O)=O)cc(NC(=O)C2CCC2)c1C. The molecule has 1 aromatic rings. The van der Waals surface area contributed by atoms with E-state index in [-0.39, 0.29) is 16.7 Å². The maximum atomic E-state index is 11.9. The lowest BCUT2D eigenvalue weighted by molar-refractivity contribution is -0.122. The van der Waals surface area contributed by atoms with Crippen molar-refractivity contribution in [1.29, 1.82) is 0 Å². The van der Waals surface area contributed by atoms with Gasteiger partial charge in [0.25, 0.3) is 0 Å². The molecule has 1 saturated carbocycles. The standard InChI is InChI=1S/C13H18N2O3S/c1-8-6-11(19(14,17)18)7-12(9(8)2)15-13(16)10-4-3-5-10/h6-7,10H,3-5H2,1-2H3,(H,15,16)(H2,14,17,18). The summed E-state index contributed by atoms with van der Waals surface area (Å²) in [6.45, 7) is 3.64. The van der Waals surface area contributed by atoms with Gasteiger partial charge in [-0.1, -0.05) is 6.42 Å². The highest BCUT2D eigenvalue weighted by Crippen LogP contribution is 2.29. The number of rotatable bonds is 3. The summed E-state index contributed by atoms with van der Waals surface area (Å²) in [6.07, 6.45) is 2.88. The molecule has 2 rings (SSSR count). The molecule has 1 fully saturated rings. The monoisotopic (exact) mass is 282 g/mol. The molecule has 19 heavy (non-hydrogen) atoms. The van der Waals surface area contributed by atoms with Crippen molar-refractivity contribution in [2.24, 2.45) is 11.1 Å². The van der Waals surface area contributed by atoms with Crippen LogP contribution in [0.5, 0.6) is 0 Å². The molecule has 3 N–H and O–H groups in total. The number of nitrogens with one attached hydrogen (secondary N) is 1. The Balaban J connectivity index is 2.33. The molecular formula is C13H18N2O3S. The Morgan fingerprint density at radius 1 is 1.32 bits per heavy atom. The fourth-order valence-corrected chi connectivity index (χ4v) is 2.65. The molecule has 104 valence electrons. The number of anilines is 1. The second-order valence-corrected chi connectivity index (χ2v) is 6.64. The molecule has 0 saturated heterocycles. The van der Waals surface area contributed by atoms with E-state index in [2.05, 4.69) is 5.32 Å². The highest BCUT2D eigenvalue weighted by Gasteiger charge is 2.26. The average molecular weight is 282 g/mol. The molecule has 1 aromatic carbocycles. The number of aryl methyl sites for hydroxylation is 1. The van der Waals surface area contributed by atoms with E-state index in [0.29, 0.717) is 5.69 Å². The van der Waals surface area contributed by atoms with Crippen molar-refractivity contribution >= 4 is 21.6 Å². The third-order valence-electron chi connectivity index (χ3n) is 3.70. The minimum Gasteiger partial charge on any atom is -0.326 e.